The van der Waals surface area contributed by atoms with Crippen LogP contribution in [0.4, 0.5) is 18.9 Å². The number of aryl methyl sites for hydroxylation is 1. The number of rotatable bonds is 11. The molecule has 3 aromatic rings. The van der Waals surface area contributed by atoms with Crippen molar-refractivity contribution < 1.29 is 31.2 Å². The standard InChI is InChI=1S/C32H35ClF3N3O4S/c1-3-29(31(41)37-26-8-4-5-9-26)38(20-23-13-15-25(33)16-14-23)30(40)21-39(27-10-6-7-24(19-27)32(34,35)36)44(42,43)28-17-11-22(2)12-18-28/h6-7,10-19,26,29H,3-5,8-9,20-21H2,1-2H3,(H,37,41). The number of halogens is 4. The number of hydrogen-bond acceptors (Lipinski definition) is 4. The van der Waals surface area contributed by atoms with Gasteiger partial charge in [-0.1, -0.05) is 67.3 Å². The Labute approximate surface area is 261 Å². The predicted octanol–water partition coefficient (Wildman–Crippen LogP) is 6.73. The Hall–Kier alpha value is -3.57. The van der Waals surface area contributed by atoms with E-state index in [4.69, 9.17) is 11.6 Å². The molecule has 1 atom stereocenters. The van der Waals surface area contributed by atoms with Crippen molar-refractivity contribution in [2.75, 3.05) is 10.8 Å². The van der Waals surface area contributed by atoms with Crippen LogP contribution in [0.3, 0.4) is 0 Å². The van der Waals surface area contributed by atoms with Crippen LogP contribution in [0, 0.1) is 6.92 Å². The van der Waals surface area contributed by atoms with Gasteiger partial charge in [-0.2, -0.15) is 13.2 Å². The second kappa shape index (κ2) is 14.0. The number of nitrogens with one attached hydrogen (secondary N) is 1. The third-order valence-electron chi connectivity index (χ3n) is 7.70. The molecule has 1 N–H and O–H groups in total. The molecule has 0 aromatic heterocycles. The van der Waals surface area contributed by atoms with Crippen molar-refractivity contribution in [3.05, 3.63) is 94.5 Å². The van der Waals surface area contributed by atoms with Gasteiger partial charge in [0.1, 0.15) is 12.6 Å². The topological polar surface area (TPSA) is 86.8 Å². The van der Waals surface area contributed by atoms with E-state index in [2.05, 4.69) is 5.32 Å². The van der Waals surface area contributed by atoms with E-state index in [9.17, 15) is 31.2 Å². The summed E-state index contributed by atoms with van der Waals surface area (Å²) in [6.07, 6.45) is -0.898. The molecule has 4 rings (SSSR count). The highest BCUT2D eigenvalue weighted by Gasteiger charge is 2.36. The largest absolute Gasteiger partial charge is 0.416 e. The fraction of sp³-hybridized carbons (Fsp3) is 0.375. The first-order valence-corrected chi connectivity index (χ1v) is 16.2. The molecule has 1 saturated carbocycles. The molecule has 0 aliphatic heterocycles. The molecule has 12 heteroatoms. The number of sulfonamides is 1. The lowest BCUT2D eigenvalue weighted by atomic mass is 10.1. The normalized spacial score (nSPS) is 14.7. The van der Waals surface area contributed by atoms with E-state index in [1.54, 1.807) is 50.2 Å². The van der Waals surface area contributed by atoms with Crippen LogP contribution in [0.5, 0.6) is 0 Å². The molecular formula is C32H35ClF3N3O4S. The van der Waals surface area contributed by atoms with Gasteiger partial charge in [-0.3, -0.25) is 13.9 Å². The second-order valence-corrected chi connectivity index (χ2v) is 13.2. The van der Waals surface area contributed by atoms with E-state index in [0.717, 1.165) is 43.4 Å². The lowest BCUT2D eigenvalue weighted by Crippen LogP contribution is -2.53. The van der Waals surface area contributed by atoms with Gasteiger partial charge >= 0.3 is 6.18 Å². The summed E-state index contributed by atoms with van der Waals surface area (Å²) in [6, 6.07) is 15.3. The Morgan fingerprint density at radius 2 is 1.64 bits per heavy atom. The molecule has 0 saturated heterocycles. The number of anilines is 1. The molecule has 0 radical (unpaired) electrons. The molecule has 1 fully saturated rings. The quantitative estimate of drug-likeness (QED) is 0.250. The van der Waals surface area contributed by atoms with Crippen molar-refractivity contribution in [3.63, 3.8) is 0 Å². The van der Waals surface area contributed by atoms with Gasteiger partial charge in [-0.05, 0) is 74.2 Å². The minimum atomic E-state index is -4.74. The average Bonchev–Trinajstić information content (AvgIpc) is 3.49. The first-order valence-electron chi connectivity index (χ1n) is 14.4. The smallest absolute Gasteiger partial charge is 0.352 e. The van der Waals surface area contributed by atoms with E-state index >= 15 is 0 Å². The van der Waals surface area contributed by atoms with Gasteiger partial charge in [0, 0.05) is 17.6 Å². The minimum Gasteiger partial charge on any atom is -0.352 e. The molecule has 1 unspecified atom stereocenters. The van der Waals surface area contributed by atoms with E-state index in [0.29, 0.717) is 21.0 Å². The Morgan fingerprint density at radius 3 is 2.23 bits per heavy atom. The number of carbonyl (C=O) groups is 2. The summed E-state index contributed by atoms with van der Waals surface area (Å²) in [5.41, 5.74) is 0.0244. The minimum absolute atomic E-state index is 0.0208. The summed E-state index contributed by atoms with van der Waals surface area (Å²) < 4.78 is 69.6. The maximum Gasteiger partial charge on any atom is 0.416 e. The van der Waals surface area contributed by atoms with Gasteiger partial charge in [0.2, 0.25) is 11.8 Å². The van der Waals surface area contributed by atoms with Gasteiger partial charge in [-0.15, -0.1) is 0 Å². The van der Waals surface area contributed by atoms with E-state index in [-0.39, 0.29) is 35.5 Å². The number of nitrogens with zero attached hydrogens (tertiary/aromatic N) is 2. The first-order chi connectivity index (χ1) is 20.8. The summed E-state index contributed by atoms with van der Waals surface area (Å²) in [7, 11) is -4.51. The number of alkyl halides is 3. The predicted molar refractivity (Wildman–Crippen MR) is 164 cm³/mol. The third kappa shape index (κ3) is 8.12. The maximum atomic E-state index is 14.1. The summed E-state index contributed by atoms with van der Waals surface area (Å²) in [5, 5.41) is 3.49. The van der Waals surface area contributed by atoms with Gasteiger partial charge in [0.15, 0.2) is 0 Å². The van der Waals surface area contributed by atoms with Crippen LogP contribution < -0.4 is 9.62 Å². The van der Waals surface area contributed by atoms with E-state index < -0.39 is 40.3 Å². The van der Waals surface area contributed by atoms with Crippen molar-refractivity contribution >= 4 is 39.1 Å². The van der Waals surface area contributed by atoms with Crippen molar-refractivity contribution in [1.82, 2.24) is 10.2 Å². The van der Waals surface area contributed by atoms with E-state index in [1.807, 2.05) is 0 Å². The highest BCUT2D eigenvalue weighted by molar-refractivity contribution is 7.92. The highest BCUT2D eigenvalue weighted by Crippen LogP contribution is 2.33. The molecule has 3 aromatic carbocycles. The SMILES string of the molecule is CCC(C(=O)NC1CCCC1)N(Cc1ccc(Cl)cc1)C(=O)CN(c1cccc(C(F)(F)F)c1)S(=O)(=O)c1ccc(C)cc1. The molecule has 0 heterocycles. The Balaban J connectivity index is 1.75. The van der Waals surface area contributed by atoms with Crippen molar-refractivity contribution in [1.29, 1.82) is 0 Å². The number of amides is 2. The lowest BCUT2D eigenvalue weighted by molar-refractivity contribution is -0.140. The zero-order valence-corrected chi connectivity index (χ0v) is 26.1. The van der Waals surface area contributed by atoms with Gasteiger partial charge in [0.05, 0.1) is 16.1 Å². The number of benzene rings is 3. The fourth-order valence-corrected chi connectivity index (χ4v) is 6.81. The zero-order valence-electron chi connectivity index (χ0n) is 24.5. The fourth-order valence-electron chi connectivity index (χ4n) is 5.28. The molecule has 0 bridgehead atoms. The van der Waals surface area contributed by atoms with Crippen molar-refractivity contribution in [3.8, 4) is 0 Å². The summed E-state index contributed by atoms with van der Waals surface area (Å²) >= 11 is 6.05. The van der Waals surface area contributed by atoms with Crippen LogP contribution in [0.1, 0.15) is 55.7 Å². The third-order valence-corrected chi connectivity index (χ3v) is 9.74. The monoisotopic (exact) mass is 649 g/mol. The average molecular weight is 650 g/mol. The Morgan fingerprint density at radius 1 is 1.00 bits per heavy atom. The molecule has 1 aliphatic carbocycles. The number of carbonyl (C=O) groups excluding carboxylic acids is 2. The number of hydrogen-bond donors (Lipinski definition) is 1. The van der Waals surface area contributed by atoms with E-state index in [1.165, 1.54) is 23.1 Å². The van der Waals surface area contributed by atoms with Crippen LogP contribution in [0.2, 0.25) is 5.02 Å². The molecular weight excluding hydrogens is 615 g/mol. The molecule has 236 valence electrons. The van der Waals surface area contributed by atoms with Gasteiger partial charge in [0.25, 0.3) is 10.0 Å². The van der Waals surface area contributed by atoms with Crippen LogP contribution in [0.15, 0.2) is 77.7 Å². The van der Waals surface area contributed by atoms with Crippen LogP contribution in [0.25, 0.3) is 0 Å². The molecule has 0 spiro atoms. The van der Waals surface area contributed by atoms with Crippen LogP contribution in [-0.2, 0) is 32.3 Å². The second-order valence-electron chi connectivity index (χ2n) is 10.9. The van der Waals surface area contributed by atoms with Crippen LogP contribution in [-0.4, -0.2) is 43.8 Å². The van der Waals surface area contributed by atoms with Crippen molar-refractivity contribution in [2.45, 2.75) is 75.7 Å². The lowest BCUT2D eigenvalue weighted by Gasteiger charge is -2.34. The molecule has 1 aliphatic rings. The van der Waals surface area contributed by atoms with Gasteiger partial charge < -0.3 is 10.2 Å². The summed E-state index contributed by atoms with van der Waals surface area (Å²) in [5.74, 6) is -1.12. The Kier molecular flexibility index (Phi) is 10.6. The van der Waals surface area contributed by atoms with Gasteiger partial charge in [-0.25, -0.2) is 8.42 Å². The summed E-state index contributed by atoms with van der Waals surface area (Å²) in [4.78, 5) is 28.7. The molecule has 44 heavy (non-hydrogen) atoms. The zero-order chi connectivity index (χ0) is 32.1. The highest BCUT2D eigenvalue weighted by atomic mass is 35.5. The summed E-state index contributed by atoms with van der Waals surface area (Å²) in [6.45, 7) is 2.63. The first kappa shape index (κ1) is 33.3. The van der Waals surface area contributed by atoms with Crippen LogP contribution >= 0.6 is 11.6 Å². The molecule has 7 nitrogen and oxygen atoms in total. The van der Waals surface area contributed by atoms with Crippen molar-refractivity contribution in [2.24, 2.45) is 0 Å². The Bertz CT molecular complexity index is 1560. The molecule has 2 amide bonds. The maximum absolute atomic E-state index is 14.1.